The van der Waals surface area contributed by atoms with E-state index < -0.39 is 11.9 Å². The second kappa shape index (κ2) is 5.10. The van der Waals surface area contributed by atoms with Gasteiger partial charge in [-0.15, -0.1) is 0 Å². The number of hydrogen-bond acceptors (Lipinski definition) is 4. The van der Waals surface area contributed by atoms with Gasteiger partial charge in [-0.25, -0.2) is 0 Å². The second-order valence-electron chi connectivity index (χ2n) is 3.39. The molecule has 0 saturated carbocycles. The summed E-state index contributed by atoms with van der Waals surface area (Å²) >= 11 is 0. The van der Waals surface area contributed by atoms with Crippen molar-refractivity contribution in [3.8, 4) is 0 Å². The number of carbonyl (C=O) groups is 2. The Morgan fingerprint density at radius 3 is 2.71 bits per heavy atom. The molecule has 14 heavy (non-hydrogen) atoms. The van der Waals surface area contributed by atoms with Gasteiger partial charge in [0.1, 0.15) is 11.7 Å². The van der Waals surface area contributed by atoms with E-state index in [4.69, 9.17) is 9.47 Å². The second-order valence-corrected chi connectivity index (χ2v) is 3.39. The lowest BCUT2D eigenvalue weighted by atomic mass is 9.96. The fourth-order valence-corrected chi connectivity index (χ4v) is 1.68. The smallest absolute Gasteiger partial charge is 0.319 e. The molecule has 1 aliphatic rings. The summed E-state index contributed by atoms with van der Waals surface area (Å²) in [5.74, 6) is -1.35. The molecule has 0 amide bonds. The van der Waals surface area contributed by atoms with Gasteiger partial charge in [0.25, 0.3) is 0 Å². The van der Waals surface area contributed by atoms with Gasteiger partial charge < -0.3 is 9.47 Å². The Kier molecular flexibility index (Phi) is 4.07. The molecule has 1 saturated heterocycles. The Morgan fingerprint density at radius 1 is 1.57 bits per heavy atom. The van der Waals surface area contributed by atoms with Gasteiger partial charge in [0.15, 0.2) is 0 Å². The molecular formula is C10H16O4. The average Bonchev–Trinajstić information content (AvgIpc) is 2.57. The highest BCUT2D eigenvalue weighted by Crippen LogP contribution is 2.22. The molecule has 4 nitrogen and oxygen atoms in total. The summed E-state index contributed by atoms with van der Waals surface area (Å²) in [6.07, 6.45) is 1.41. The maximum Gasteiger partial charge on any atom is 0.319 e. The van der Waals surface area contributed by atoms with Crippen molar-refractivity contribution in [2.75, 3.05) is 13.2 Å². The Labute approximate surface area is 83.6 Å². The normalized spacial score (nSPS) is 23.1. The van der Waals surface area contributed by atoms with Crippen molar-refractivity contribution in [2.24, 2.45) is 5.92 Å². The summed E-state index contributed by atoms with van der Waals surface area (Å²) in [7, 11) is 0. The maximum absolute atomic E-state index is 11.4. The van der Waals surface area contributed by atoms with E-state index in [2.05, 4.69) is 0 Å². The van der Waals surface area contributed by atoms with Crippen molar-refractivity contribution in [1.29, 1.82) is 0 Å². The number of ketones is 1. The van der Waals surface area contributed by atoms with E-state index in [1.54, 1.807) is 6.92 Å². The first-order chi connectivity index (χ1) is 6.66. The molecule has 0 aromatic heterocycles. The van der Waals surface area contributed by atoms with E-state index in [0.717, 1.165) is 12.8 Å². The maximum atomic E-state index is 11.4. The van der Waals surface area contributed by atoms with Crippen LogP contribution in [0.3, 0.4) is 0 Å². The third-order valence-corrected chi connectivity index (χ3v) is 2.32. The van der Waals surface area contributed by atoms with Crippen molar-refractivity contribution in [3.63, 3.8) is 0 Å². The lowest BCUT2D eigenvalue weighted by Crippen LogP contribution is -2.34. The van der Waals surface area contributed by atoms with Gasteiger partial charge in [-0.05, 0) is 26.7 Å². The van der Waals surface area contributed by atoms with Crippen LogP contribution in [0.5, 0.6) is 0 Å². The molecule has 1 fully saturated rings. The first-order valence-corrected chi connectivity index (χ1v) is 4.95. The standard InChI is InChI=1S/C10H16O4/c1-3-13-10(12)9(7(2)11)8-5-4-6-14-8/h8-9H,3-6H2,1-2H3. The largest absolute Gasteiger partial charge is 0.465 e. The number of Topliss-reactive ketones (excluding diaryl/α,β-unsaturated/α-hetero) is 1. The van der Waals surface area contributed by atoms with Gasteiger partial charge in [-0.2, -0.15) is 0 Å². The fraction of sp³-hybridized carbons (Fsp3) is 0.800. The Morgan fingerprint density at radius 2 is 2.29 bits per heavy atom. The summed E-state index contributed by atoms with van der Waals surface area (Å²) in [4.78, 5) is 22.7. The summed E-state index contributed by atoms with van der Waals surface area (Å²) in [6.45, 7) is 4.07. The summed E-state index contributed by atoms with van der Waals surface area (Å²) in [5.41, 5.74) is 0. The summed E-state index contributed by atoms with van der Waals surface area (Å²) < 4.78 is 10.2. The van der Waals surface area contributed by atoms with Crippen LogP contribution in [0.1, 0.15) is 26.7 Å². The molecule has 0 bridgehead atoms. The van der Waals surface area contributed by atoms with Crippen molar-refractivity contribution >= 4 is 11.8 Å². The predicted molar refractivity (Wildman–Crippen MR) is 49.8 cm³/mol. The first-order valence-electron chi connectivity index (χ1n) is 4.95. The van der Waals surface area contributed by atoms with Gasteiger partial charge >= 0.3 is 5.97 Å². The number of carbonyl (C=O) groups excluding carboxylic acids is 2. The van der Waals surface area contributed by atoms with E-state index in [1.807, 2.05) is 0 Å². The van der Waals surface area contributed by atoms with Crippen LogP contribution >= 0.6 is 0 Å². The van der Waals surface area contributed by atoms with E-state index >= 15 is 0 Å². The molecule has 1 rings (SSSR count). The van der Waals surface area contributed by atoms with Crippen LogP contribution in [0, 0.1) is 5.92 Å². The van der Waals surface area contributed by atoms with Crippen LogP contribution in [0.25, 0.3) is 0 Å². The molecule has 0 radical (unpaired) electrons. The minimum Gasteiger partial charge on any atom is -0.465 e. The highest BCUT2D eigenvalue weighted by Gasteiger charge is 2.36. The van der Waals surface area contributed by atoms with Gasteiger partial charge in [-0.1, -0.05) is 0 Å². The van der Waals surface area contributed by atoms with Crippen LogP contribution in [-0.2, 0) is 19.1 Å². The molecule has 1 heterocycles. The van der Waals surface area contributed by atoms with Crippen molar-refractivity contribution in [2.45, 2.75) is 32.8 Å². The number of rotatable bonds is 4. The zero-order chi connectivity index (χ0) is 10.6. The Hall–Kier alpha value is -0.900. The molecule has 0 aromatic rings. The van der Waals surface area contributed by atoms with Gasteiger partial charge in [0, 0.05) is 6.61 Å². The minimum atomic E-state index is -0.725. The predicted octanol–water partition coefficient (Wildman–Crippen LogP) is 0.934. The minimum absolute atomic E-state index is 0.171. The highest BCUT2D eigenvalue weighted by molar-refractivity contribution is 5.98. The molecule has 4 heteroatoms. The molecular weight excluding hydrogens is 184 g/mol. The fourth-order valence-electron chi connectivity index (χ4n) is 1.68. The van der Waals surface area contributed by atoms with Crippen LogP contribution < -0.4 is 0 Å². The summed E-state index contributed by atoms with van der Waals surface area (Å²) in [5, 5.41) is 0. The molecule has 2 unspecified atom stereocenters. The number of ether oxygens (including phenoxy) is 2. The lowest BCUT2D eigenvalue weighted by molar-refractivity contribution is -0.156. The van der Waals surface area contributed by atoms with Crippen molar-refractivity contribution in [1.82, 2.24) is 0 Å². The molecule has 0 spiro atoms. The molecule has 2 atom stereocenters. The van der Waals surface area contributed by atoms with Crippen LogP contribution in [0.2, 0.25) is 0 Å². The van der Waals surface area contributed by atoms with Gasteiger partial charge in [0.05, 0.1) is 12.7 Å². The quantitative estimate of drug-likeness (QED) is 0.500. The Bertz CT molecular complexity index is 218. The topological polar surface area (TPSA) is 52.6 Å². The molecule has 0 N–H and O–H groups in total. The molecule has 80 valence electrons. The Balaban J connectivity index is 2.62. The SMILES string of the molecule is CCOC(=O)C(C(C)=O)C1CCCO1. The number of esters is 1. The van der Waals surface area contributed by atoms with Crippen molar-refractivity contribution in [3.05, 3.63) is 0 Å². The van der Waals surface area contributed by atoms with E-state index in [9.17, 15) is 9.59 Å². The van der Waals surface area contributed by atoms with Crippen LogP contribution in [0.15, 0.2) is 0 Å². The third kappa shape index (κ3) is 2.54. The van der Waals surface area contributed by atoms with E-state index in [-0.39, 0.29) is 11.9 Å². The zero-order valence-corrected chi connectivity index (χ0v) is 8.62. The van der Waals surface area contributed by atoms with E-state index in [1.165, 1.54) is 6.92 Å². The lowest BCUT2D eigenvalue weighted by Gasteiger charge is -2.18. The molecule has 0 aliphatic carbocycles. The monoisotopic (exact) mass is 200 g/mol. The number of hydrogen-bond donors (Lipinski definition) is 0. The van der Waals surface area contributed by atoms with Gasteiger partial charge in [-0.3, -0.25) is 9.59 Å². The molecule has 0 aromatic carbocycles. The summed E-state index contributed by atoms with van der Waals surface area (Å²) in [6, 6.07) is 0. The van der Waals surface area contributed by atoms with Crippen LogP contribution in [0.4, 0.5) is 0 Å². The van der Waals surface area contributed by atoms with E-state index in [0.29, 0.717) is 13.2 Å². The first kappa shape index (κ1) is 11.2. The van der Waals surface area contributed by atoms with Crippen LogP contribution in [-0.4, -0.2) is 31.1 Å². The zero-order valence-electron chi connectivity index (χ0n) is 8.62. The highest BCUT2D eigenvalue weighted by atomic mass is 16.5. The van der Waals surface area contributed by atoms with Crippen molar-refractivity contribution < 1.29 is 19.1 Å². The van der Waals surface area contributed by atoms with Gasteiger partial charge in [0.2, 0.25) is 0 Å². The average molecular weight is 200 g/mol. The third-order valence-electron chi connectivity index (χ3n) is 2.32. The molecule has 1 aliphatic heterocycles.